The molecule has 0 atom stereocenters. The number of aryl methyl sites for hydroxylation is 3. The van der Waals surface area contributed by atoms with Gasteiger partial charge in [-0.2, -0.15) is 4.98 Å². The summed E-state index contributed by atoms with van der Waals surface area (Å²) in [6.45, 7) is 6.62. The summed E-state index contributed by atoms with van der Waals surface area (Å²) in [4.78, 5) is 23.7. The minimum Gasteiger partial charge on any atom is -0.277 e. The van der Waals surface area contributed by atoms with Crippen LogP contribution in [-0.4, -0.2) is 14.5 Å². The Balaban J connectivity index is 1.93. The van der Waals surface area contributed by atoms with Gasteiger partial charge in [-0.15, -0.1) is 22.7 Å². The summed E-state index contributed by atoms with van der Waals surface area (Å²) in [7, 11) is 0. The third-order valence-corrected chi connectivity index (χ3v) is 6.08. The van der Waals surface area contributed by atoms with Gasteiger partial charge in [0.15, 0.2) is 0 Å². The van der Waals surface area contributed by atoms with Crippen LogP contribution in [-0.2, 0) is 6.54 Å². The number of aromatic nitrogens is 3. The molecule has 4 aromatic rings. The summed E-state index contributed by atoms with van der Waals surface area (Å²) in [6.07, 6.45) is 0. The van der Waals surface area contributed by atoms with Crippen LogP contribution in [0, 0.1) is 20.8 Å². The van der Waals surface area contributed by atoms with Gasteiger partial charge in [0.05, 0.1) is 16.4 Å². The molecule has 3 heterocycles. The summed E-state index contributed by atoms with van der Waals surface area (Å²) < 4.78 is 1.75. The van der Waals surface area contributed by atoms with E-state index in [1.807, 2.05) is 24.4 Å². The topological polar surface area (TPSA) is 47.8 Å². The summed E-state index contributed by atoms with van der Waals surface area (Å²) in [5.41, 5.74) is 4.79. The lowest BCUT2D eigenvalue weighted by molar-refractivity contribution is 0.763. The van der Waals surface area contributed by atoms with Crippen molar-refractivity contribution >= 4 is 33.0 Å². The second-order valence-electron chi connectivity index (χ2n) is 6.12. The smallest absolute Gasteiger partial charge is 0.277 e. The van der Waals surface area contributed by atoms with Crippen LogP contribution in [0.4, 0.5) is 0 Å². The lowest BCUT2D eigenvalue weighted by Gasteiger charge is -2.11. The number of thiazole rings is 1. The molecule has 3 aromatic heterocycles. The average Bonchev–Trinajstić information content (AvgIpc) is 3.22. The summed E-state index contributed by atoms with van der Waals surface area (Å²) in [6, 6.07) is 10.3. The Morgan fingerprint density at radius 1 is 1.12 bits per heavy atom. The first-order valence-electron chi connectivity index (χ1n) is 8.01. The van der Waals surface area contributed by atoms with E-state index in [-0.39, 0.29) is 5.69 Å². The van der Waals surface area contributed by atoms with Crippen molar-refractivity contribution in [2.75, 3.05) is 0 Å². The molecule has 0 saturated carbocycles. The highest BCUT2D eigenvalue weighted by Gasteiger charge is 2.17. The Hall–Kier alpha value is -2.31. The monoisotopic (exact) mass is 367 g/mol. The maximum atomic E-state index is 12.8. The van der Waals surface area contributed by atoms with Crippen molar-refractivity contribution < 1.29 is 0 Å². The third kappa shape index (κ3) is 2.92. The van der Waals surface area contributed by atoms with Crippen LogP contribution < -0.4 is 5.69 Å². The first-order chi connectivity index (χ1) is 12.0. The maximum absolute atomic E-state index is 12.8. The van der Waals surface area contributed by atoms with E-state index < -0.39 is 0 Å². The molecule has 0 aliphatic carbocycles. The molecule has 6 heteroatoms. The molecule has 0 spiro atoms. The summed E-state index contributed by atoms with van der Waals surface area (Å²) in [5, 5.41) is 2.93. The van der Waals surface area contributed by atoms with E-state index in [1.54, 1.807) is 27.2 Å². The van der Waals surface area contributed by atoms with E-state index in [1.165, 1.54) is 11.1 Å². The van der Waals surface area contributed by atoms with Crippen molar-refractivity contribution in [1.29, 1.82) is 0 Å². The average molecular weight is 367 g/mol. The number of rotatable bonds is 3. The zero-order chi connectivity index (χ0) is 17.6. The number of benzene rings is 1. The van der Waals surface area contributed by atoms with E-state index in [0.29, 0.717) is 12.2 Å². The standard InChI is InChI=1S/C19H17N3OS2/c1-11-6-7-12(2)14(9-11)10-22-18-17(20-13(3)25-18)16(21-19(22)23)15-5-4-8-24-15/h4-9H,10H2,1-3H3. The van der Waals surface area contributed by atoms with Crippen LogP contribution in [0.15, 0.2) is 40.5 Å². The normalized spacial score (nSPS) is 11.3. The number of hydrogen-bond acceptors (Lipinski definition) is 5. The van der Waals surface area contributed by atoms with Crippen molar-refractivity contribution in [2.45, 2.75) is 27.3 Å². The van der Waals surface area contributed by atoms with E-state index >= 15 is 0 Å². The largest absolute Gasteiger partial charge is 0.349 e. The third-order valence-electron chi connectivity index (χ3n) is 4.21. The van der Waals surface area contributed by atoms with Crippen LogP contribution in [0.3, 0.4) is 0 Å². The van der Waals surface area contributed by atoms with Gasteiger partial charge in [-0.3, -0.25) is 4.57 Å². The van der Waals surface area contributed by atoms with Crippen LogP contribution >= 0.6 is 22.7 Å². The number of fused-ring (bicyclic) bond motifs is 1. The van der Waals surface area contributed by atoms with Gasteiger partial charge in [0.25, 0.3) is 0 Å². The van der Waals surface area contributed by atoms with Crippen LogP contribution in [0.1, 0.15) is 21.7 Å². The molecule has 0 saturated heterocycles. The molecule has 0 amide bonds. The number of hydrogen-bond donors (Lipinski definition) is 0. The first-order valence-corrected chi connectivity index (χ1v) is 9.70. The zero-order valence-corrected chi connectivity index (χ0v) is 15.9. The van der Waals surface area contributed by atoms with Gasteiger partial charge in [-0.05, 0) is 43.3 Å². The van der Waals surface area contributed by atoms with Crippen LogP contribution in [0.2, 0.25) is 0 Å². The van der Waals surface area contributed by atoms with Gasteiger partial charge in [-0.25, -0.2) is 9.78 Å². The van der Waals surface area contributed by atoms with Crippen molar-refractivity contribution in [3.05, 3.63) is 67.9 Å². The van der Waals surface area contributed by atoms with Crippen LogP contribution in [0.5, 0.6) is 0 Å². The fraction of sp³-hybridized carbons (Fsp3) is 0.211. The van der Waals surface area contributed by atoms with E-state index in [2.05, 4.69) is 42.0 Å². The highest BCUT2D eigenvalue weighted by Crippen LogP contribution is 2.31. The minimum absolute atomic E-state index is 0.222. The molecule has 0 aliphatic rings. The van der Waals surface area contributed by atoms with Gasteiger partial charge in [0.1, 0.15) is 16.0 Å². The predicted molar refractivity (Wildman–Crippen MR) is 105 cm³/mol. The molecule has 4 nitrogen and oxygen atoms in total. The fourth-order valence-corrected chi connectivity index (χ4v) is 4.54. The first kappa shape index (κ1) is 16.2. The van der Waals surface area contributed by atoms with Gasteiger partial charge in [-0.1, -0.05) is 29.8 Å². The Morgan fingerprint density at radius 3 is 2.72 bits per heavy atom. The quantitative estimate of drug-likeness (QED) is 0.533. The molecular formula is C19H17N3OS2. The summed E-state index contributed by atoms with van der Waals surface area (Å²) >= 11 is 3.13. The number of nitrogens with zero attached hydrogens (tertiary/aromatic N) is 3. The molecule has 4 rings (SSSR count). The SMILES string of the molecule is Cc1ccc(C)c(Cn2c(=O)nc(-c3cccs3)c3nc(C)sc32)c1. The van der Waals surface area contributed by atoms with Gasteiger partial charge >= 0.3 is 5.69 Å². The molecule has 1 aromatic carbocycles. The maximum Gasteiger partial charge on any atom is 0.349 e. The van der Waals surface area contributed by atoms with E-state index in [0.717, 1.165) is 25.8 Å². The zero-order valence-electron chi connectivity index (χ0n) is 14.2. The fourth-order valence-electron chi connectivity index (χ4n) is 2.91. The molecule has 0 bridgehead atoms. The predicted octanol–water partition coefficient (Wildman–Crippen LogP) is 4.56. The minimum atomic E-state index is -0.222. The molecule has 126 valence electrons. The molecular weight excluding hydrogens is 350 g/mol. The Morgan fingerprint density at radius 2 is 1.96 bits per heavy atom. The molecule has 0 N–H and O–H groups in total. The lowest BCUT2D eigenvalue weighted by atomic mass is 10.1. The van der Waals surface area contributed by atoms with Crippen molar-refractivity contribution in [2.24, 2.45) is 0 Å². The molecule has 0 unspecified atom stereocenters. The lowest BCUT2D eigenvalue weighted by Crippen LogP contribution is -2.24. The van der Waals surface area contributed by atoms with E-state index in [4.69, 9.17) is 0 Å². The Labute approximate surface area is 153 Å². The molecule has 25 heavy (non-hydrogen) atoms. The highest BCUT2D eigenvalue weighted by molar-refractivity contribution is 7.18. The second kappa shape index (κ2) is 6.20. The molecule has 0 radical (unpaired) electrons. The van der Waals surface area contributed by atoms with Crippen molar-refractivity contribution in [1.82, 2.24) is 14.5 Å². The summed E-state index contributed by atoms with van der Waals surface area (Å²) in [5.74, 6) is 0. The Bertz CT molecular complexity index is 1120. The molecule has 0 aliphatic heterocycles. The van der Waals surface area contributed by atoms with Crippen molar-refractivity contribution in [3.63, 3.8) is 0 Å². The van der Waals surface area contributed by atoms with Gasteiger partial charge < -0.3 is 0 Å². The van der Waals surface area contributed by atoms with Gasteiger partial charge in [0.2, 0.25) is 0 Å². The Kier molecular flexibility index (Phi) is 4.01. The van der Waals surface area contributed by atoms with E-state index in [9.17, 15) is 4.79 Å². The second-order valence-corrected chi connectivity index (χ2v) is 8.25. The highest BCUT2D eigenvalue weighted by atomic mass is 32.1. The van der Waals surface area contributed by atoms with Gasteiger partial charge in [0, 0.05) is 0 Å². The van der Waals surface area contributed by atoms with Crippen molar-refractivity contribution in [3.8, 4) is 10.6 Å². The number of thiophene rings is 1. The van der Waals surface area contributed by atoms with Crippen LogP contribution in [0.25, 0.3) is 20.9 Å². The molecule has 0 fully saturated rings.